The molecular formula is C25H35NO4S. The van der Waals surface area contributed by atoms with Crippen LogP contribution in [0, 0.1) is 34.5 Å². The first-order chi connectivity index (χ1) is 14.6. The summed E-state index contributed by atoms with van der Waals surface area (Å²) in [7, 11) is 0. The van der Waals surface area contributed by atoms with Crippen LogP contribution in [-0.2, 0) is 19.9 Å². The standard InChI is InChI=1S/C25H35NO4S/c1-22(2)29-19-17-13-14(27)5-8-23(17,3)15-6-9-24(4)16(18(15)20(19)30-22)7-10-25(24,28)21-26-11-12-31-21/h11-12,15-20,28H,5-10,13H2,1-4H3/t15-,16-,17+,18+,19+,20+,23+,24-,25+/m0/s1. The number of nitrogens with zero attached hydrogens (tertiary/aromatic N) is 1. The normalized spacial score (nSPS) is 52.9. The van der Waals surface area contributed by atoms with Gasteiger partial charge in [0.25, 0.3) is 0 Å². The topological polar surface area (TPSA) is 68.7 Å². The Kier molecular flexibility index (Phi) is 4.29. The Morgan fingerprint density at radius 1 is 1.03 bits per heavy atom. The van der Waals surface area contributed by atoms with Crippen LogP contribution >= 0.6 is 11.3 Å². The van der Waals surface area contributed by atoms with E-state index in [1.165, 1.54) is 0 Å². The minimum absolute atomic E-state index is 0.00671. The summed E-state index contributed by atoms with van der Waals surface area (Å²) in [4.78, 5) is 17.0. The lowest BCUT2D eigenvalue weighted by Crippen LogP contribution is -2.64. The lowest BCUT2D eigenvalue weighted by molar-refractivity contribution is -0.199. The van der Waals surface area contributed by atoms with Gasteiger partial charge in [-0.05, 0) is 69.1 Å². The van der Waals surface area contributed by atoms with E-state index in [0.717, 1.165) is 37.1 Å². The van der Waals surface area contributed by atoms with Crippen molar-refractivity contribution in [2.75, 3.05) is 0 Å². The van der Waals surface area contributed by atoms with Gasteiger partial charge in [0.05, 0.1) is 12.2 Å². The van der Waals surface area contributed by atoms with E-state index in [-0.39, 0.29) is 29.0 Å². The van der Waals surface area contributed by atoms with E-state index in [4.69, 9.17) is 9.47 Å². The van der Waals surface area contributed by atoms with E-state index in [9.17, 15) is 9.90 Å². The molecule has 6 heteroatoms. The van der Waals surface area contributed by atoms with Gasteiger partial charge in [-0.2, -0.15) is 0 Å². The summed E-state index contributed by atoms with van der Waals surface area (Å²) in [6.45, 7) is 8.77. The van der Waals surface area contributed by atoms with Crippen molar-refractivity contribution in [2.45, 2.75) is 96.2 Å². The number of Topliss-reactive ketones (excluding diaryl/α,β-unsaturated/α-hetero) is 1. The molecule has 5 nitrogen and oxygen atoms in total. The third-order valence-corrected chi connectivity index (χ3v) is 11.2. The van der Waals surface area contributed by atoms with Gasteiger partial charge >= 0.3 is 0 Å². The molecule has 31 heavy (non-hydrogen) atoms. The maximum atomic E-state index is 12.5. The molecule has 9 atom stereocenters. The van der Waals surface area contributed by atoms with E-state index in [1.54, 1.807) is 11.3 Å². The smallest absolute Gasteiger partial charge is 0.163 e. The van der Waals surface area contributed by atoms with Crippen LogP contribution in [0.2, 0.25) is 0 Å². The van der Waals surface area contributed by atoms with Crippen LogP contribution in [-0.4, -0.2) is 33.9 Å². The molecule has 1 aliphatic heterocycles. The van der Waals surface area contributed by atoms with E-state index in [2.05, 4.69) is 18.8 Å². The number of hydrogen-bond donors (Lipinski definition) is 1. The van der Waals surface area contributed by atoms with Crippen molar-refractivity contribution in [3.05, 3.63) is 16.6 Å². The number of fused-ring (bicyclic) bond motifs is 8. The number of aromatic nitrogens is 1. The second-order valence-corrected chi connectivity index (χ2v) is 12.8. The highest BCUT2D eigenvalue weighted by atomic mass is 32.1. The summed E-state index contributed by atoms with van der Waals surface area (Å²) in [6, 6.07) is 0. The molecule has 5 fully saturated rings. The molecule has 1 aromatic rings. The molecule has 0 unspecified atom stereocenters. The molecule has 1 N–H and O–H groups in total. The number of aliphatic hydroxyl groups is 1. The maximum Gasteiger partial charge on any atom is 0.163 e. The number of carbonyl (C=O) groups excluding carboxylic acids is 1. The van der Waals surface area contributed by atoms with Crippen LogP contribution in [0.3, 0.4) is 0 Å². The van der Waals surface area contributed by atoms with Gasteiger partial charge in [-0.15, -0.1) is 11.3 Å². The Morgan fingerprint density at radius 3 is 2.52 bits per heavy atom. The third kappa shape index (κ3) is 2.59. The molecule has 0 bridgehead atoms. The lowest BCUT2D eigenvalue weighted by Gasteiger charge is -2.63. The Balaban J connectivity index is 1.44. The largest absolute Gasteiger partial charge is 0.382 e. The fourth-order valence-corrected chi connectivity index (χ4v) is 9.67. The summed E-state index contributed by atoms with van der Waals surface area (Å²) < 4.78 is 13.2. The number of rotatable bonds is 1. The van der Waals surface area contributed by atoms with Crippen molar-refractivity contribution >= 4 is 17.1 Å². The summed E-state index contributed by atoms with van der Waals surface area (Å²) in [6.07, 6.45) is 7.95. The number of ketones is 1. The van der Waals surface area contributed by atoms with Gasteiger partial charge in [0.15, 0.2) is 5.79 Å². The summed E-state index contributed by atoms with van der Waals surface area (Å²) in [5.41, 5.74) is -0.964. The number of carbonyl (C=O) groups is 1. The SMILES string of the molecule is CC1(C)O[C@H]2[C@H](O1)[C@H]1CC(=O)CC[C@]1(C)[C@H]1CC[C@@]3(C)[C@@H](CC[C@@]3(O)c3nccs3)[C@H]21. The first-order valence-electron chi connectivity index (χ1n) is 12.1. The highest BCUT2D eigenvalue weighted by Crippen LogP contribution is 2.71. The van der Waals surface area contributed by atoms with Crippen molar-refractivity contribution in [3.8, 4) is 0 Å². The molecule has 1 saturated heterocycles. The fourth-order valence-electron chi connectivity index (χ4n) is 8.77. The Bertz CT molecular complexity index is 901. The summed E-state index contributed by atoms with van der Waals surface area (Å²) in [5, 5.41) is 14.9. The minimum Gasteiger partial charge on any atom is -0.382 e. The monoisotopic (exact) mass is 445 g/mol. The molecule has 0 amide bonds. The van der Waals surface area contributed by atoms with Crippen molar-refractivity contribution < 1.29 is 19.4 Å². The van der Waals surface area contributed by atoms with Gasteiger partial charge in [-0.3, -0.25) is 4.79 Å². The molecule has 2 heterocycles. The first kappa shape index (κ1) is 20.8. The fraction of sp³-hybridized carbons (Fsp3) is 0.840. The molecule has 0 radical (unpaired) electrons. The van der Waals surface area contributed by atoms with E-state index in [1.807, 2.05) is 25.4 Å². The summed E-state index contributed by atoms with van der Waals surface area (Å²) >= 11 is 1.59. The number of ether oxygens (including phenoxy) is 2. The van der Waals surface area contributed by atoms with Crippen molar-refractivity contribution in [3.63, 3.8) is 0 Å². The van der Waals surface area contributed by atoms with Crippen LogP contribution in [0.4, 0.5) is 0 Å². The Morgan fingerprint density at radius 2 is 1.77 bits per heavy atom. The quantitative estimate of drug-likeness (QED) is 0.680. The molecule has 170 valence electrons. The van der Waals surface area contributed by atoms with Gasteiger partial charge in [0.2, 0.25) is 0 Å². The van der Waals surface area contributed by atoms with Gasteiger partial charge in [0, 0.05) is 35.8 Å². The zero-order valence-electron chi connectivity index (χ0n) is 19.1. The molecule has 4 aliphatic carbocycles. The third-order valence-electron chi connectivity index (χ3n) is 10.3. The van der Waals surface area contributed by atoms with Crippen LogP contribution in [0.15, 0.2) is 11.6 Å². The minimum atomic E-state index is -0.860. The number of hydrogen-bond acceptors (Lipinski definition) is 6. The highest BCUT2D eigenvalue weighted by Gasteiger charge is 2.71. The predicted molar refractivity (Wildman–Crippen MR) is 117 cm³/mol. The molecule has 0 aromatic carbocycles. The zero-order valence-corrected chi connectivity index (χ0v) is 19.9. The van der Waals surface area contributed by atoms with Crippen LogP contribution in [0.1, 0.15) is 77.6 Å². The second kappa shape index (κ2) is 6.40. The molecular weight excluding hydrogens is 410 g/mol. The molecule has 1 aromatic heterocycles. The van der Waals surface area contributed by atoms with Crippen molar-refractivity contribution in [2.24, 2.45) is 34.5 Å². The van der Waals surface area contributed by atoms with E-state index in [0.29, 0.717) is 36.4 Å². The molecule has 0 spiro atoms. The molecule has 4 saturated carbocycles. The zero-order chi connectivity index (χ0) is 21.8. The van der Waals surface area contributed by atoms with Crippen LogP contribution < -0.4 is 0 Å². The Hall–Kier alpha value is -0.820. The van der Waals surface area contributed by atoms with Crippen LogP contribution in [0.25, 0.3) is 0 Å². The van der Waals surface area contributed by atoms with Crippen molar-refractivity contribution in [1.29, 1.82) is 0 Å². The Labute approximate surface area is 188 Å². The van der Waals surface area contributed by atoms with Gasteiger partial charge in [0.1, 0.15) is 16.4 Å². The second-order valence-electron chi connectivity index (χ2n) is 11.9. The molecule has 6 rings (SSSR count). The first-order valence-corrected chi connectivity index (χ1v) is 13.0. The van der Waals surface area contributed by atoms with Crippen molar-refractivity contribution in [1.82, 2.24) is 4.98 Å². The van der Waals surface area contributed by atoms with Gasteiger partial charge < -0.3 is 14.6 Å². The number of thiazole rings is 1. The summed E-state index contributed by atoms with van der Waals surface area (Å²) in [5.74, 6) is 1.25. The lowest BCUT2D eigenvalue weighted by atomic mass is 9.43. The maximum absolute atomic E-state index is 12.5. The van der Waals surface area contributed by atoms with Gasteiger partial charge in [-0.1, -0.05) is 13.8 Å². The average molecular weight is 446 g/mol. The van der Waals surface area contributed by atoms with E-state index < -0.39 is 11.4 Å². The van der Waals surface area contributed by atoms with Gasteiger partial charge in [-0.25, -0.2) is 4.98 Å². The average Bonchev–Trinajstić information content (AvgIpc) is 3.41. The molecule has 5 aliphatic rings. The van der Waals surface area contributed by atoms with Crippen LogP contribution in [0.5, 0.6) is 0 Å². The predicted octanol–water partition coefficient (Wildman–Crippen LogP) is 4.68. The highest BCUT2D eigenvalue weighted by molar-refractivity contribution is 7.09. The van der Waals surface area contributed by atoms with E-state index >= 15 is 0 Å².